The largest absolute Gasteiger partial charge is 0.452 e. The zero-order valence-electron chi connectivity index (χ0n) is 9.51. The fraction of sp³-hybridized carbons (Fsp3) is 0.0714. The first-order chi connectivity index (χ1) is 8.75. The van der Waals surface area contributed by atoms with E-state index in [9.17, 15) is 0 Å². The lowest BCUT2D eigenvalue weighted by Gasteiger charge is -2.11. The molecule has 0 aliphatic carbocycles. The van der Waals surface area contributed by atoms with Crippen molar-refractivity contribution in [1.29, 1.82) is 0 Å². The van der Waals surface area contributed by atoms with Crippen LogP contribution in [-0.2, 0) is 0 Å². The van der Waals surface area contributed by atoms with Crippen molar-refractivity contribution in [3.63, 3.8) is 0 Å². The summed E-state index contributed by atoms with van der Waals surface area (Å²) in [5, 5.41) is 2.18. The van der Waals surface area contributed by atoms with Gasteiger partial charge >= 0.3 is 0 Å². The molecule has 4 heteroatoms. The highest BCUT2D eigenvalue weighted by Crippen LogP contribution is 2.28. The van der Waals surface area contributed by atoms with Crippen molar-refractivity contribution in [3.05, 3.63) is 64.8 Å². The summed E-state index contributed by atoms with van der Waals surface area (Å²) in [4.78, 5) is 4.23. The second-order valence-electron chi connectivity index (χ2n) is 4.07. The van der Waals surface area contributed by atoms with Gasteiger partial charge in [0.05, 0.1) is 6.04 Å². The van der Waals surface area contributed by atoms with Crippen molar-refractivity contribution < 1.29 is 4.42 Å². The molecule has 0 saturated carbocycles. The summed E-state index contributed by atoms with van der Waals surface area (Å²) in [5.41, 5.74) is 7.21. The van der Waals surface area contributed by atoms with E-state index < -0.39 is 0 Å². The Hall–Kier alpha value is -1.65. The van der Waals surface area contributed by atoms with E-state index in [1.807, 2.05) is 42.6 Å². The molecule has 0 spiro atoms. The van der Waals surface area contributed by atoms with Crippen molar-refractivity contribution >= 4 is 26.7 Å². The second kappa shape index (κ2) is 4.55. The van der Waals surface area contributed by atoms with Crippen molar-refractivity contribution in [3.8, 4) is 0 Å². The number of fused-ring (bicyclic) bond motifs is 1. The molecule has 3 aromatic rings. The molecule has 0 aliphatic heterocycles. The number of hydrogen-bond acceptors (Lipinski definition) is 3. The Morgan fingerprint density at radius 3 is 2.72 bits per heavy atom. The van der Waals surface area contributed by atoms with Crippen LogP contribution in [0.5, 0.6) is 0 Å². The van der Waals surface area contributed by atoms with E-state index >= 15 is 0 Å². The average Bonchev–Trinajstić information content (AvgIpc) is 2.84. The zero-order chi connectivity index (χ0) is 12.5. The van der Waals surface area contributed by atoms with Crippen LogP contribution in [0.4, 0.5) is 0 Å². The summed E-state index contributed by atoms with van der Waals surface area (Å²) in [6.45, 7) is 0. The van der Waals surface area contributed by atoms with Crippen LogP contribution < -0.4 is 5.73 Å². The normalized spacial score (nSPS) is 12.8. The molecule has 18 heavy (non-hydrogen) atoms. The van der Waals surface area contributed by atoms with Crippen molar-refractivity contribution in [2.24, 2.45) is 5.73 Å². The molecule has 1 unspecified atom stereocenters. The molecular formula is C14H11BrN2O. The maximum atomic E-state index is 6.24. The van der Waals surface area contributed by atoms with E-state index in [0.29, 0.717) is 4.67 Å². The minimum Gasteiger partial charge on any atom is -0.452 e. The van der Waals surface area contributed by atoms with Crippen LogP contribution in [0.15, 0.2) is 57.9 Å². The molecule has 0 aliphatic rings. The third-order valence-corrected chi connectivity index (χ3v) is 3.36. The number of nitrogens with zero attached hydrogens (tertiary/aromatic N) is 1. The lowest BCUT2D eigenvalue weighted by atomic mass is 10.0. The molecule has 0 fully saturated rings. The molecule has 90 valence electrons. The Bertz CT molecular complexity index is 688. The molecule has 2 heterocycles. The zero-order valence-corrected chi connectivity index (χ0v) is 11.1. The monoisotopic (exact) mass is 302 g/mol. The first-order valence-corrected chi connectivity index (χ1v) is 6.38. The van der Waals surface area contributed by atoms with Crippen LogP contribution in [0.1, 0.15) is 17.4 Å². The summed E-state index contributed by atoms with van der Waals surface area (Å²) in [6.07, 6.45) is 3.63. The van der Waals surface area contributed by atoms with Gasteiger partial charge in [-0.3, -0.25) is 4.98 Å². The van der Waals surface area contributed by atoms with Gasteiger partial charge in [-0.2, -0.15) is 0 Å². The Kier molecular flexibility index (Phi) is 2.89. The van der Waals surface area contributed by atoms with Crippen LogP contribution in [0.25, 0.3) is 10.8 Å². The summed E-state index contributed by atoms with van der Waals surface area (Å²) >= 11 is 3.28. The van der Waals surface area contributed by atoms with Crippen LogP contribution in [0.2, 0.25) is 0 Å². The Balaban J connectivity index is 2.14. The molecule has 3 rings (SSSR count). The van der Waals surface area contributed by atoms with E-state index in [2.05, 4.69) is 20.9 Å². The first-order valence-electron chi connectivity index (χ1n) is 5.59. The lowest BCUT2D eigenvalue weighted by Crippen LogP contribution is -2.11. The van der Waals surface area contributed by atoms with Gasteiger partial charge in [0.1, 0.15) is 5.76 Å². The summed E-state index contributed by atoms with van der Waals surface area (Å²) in [5.74, 6) is 0.722. The van der Waals surface area contributed by atoms with E-state index in [4.69, 9.17) is 10.2 Å². The minimum absolute atomic E-state index is 0.310. The van der Waals surface area contributed by atoms with E-state index in [1.54, 1.807) is 6.20 Å². The van der Waals surface area contributed by atoms with Gasteiger partial charge in [-0.05, 0) is 33.4 Å². The number of furan rings is 1. The Morgan fingerprint density at radius 2 is 1.94 bits per heavy atom. The molecule has 0 radical (unpaired) electrons. The molecule has 1 atom stereocenters. The standard InChI is InChI=1S/C14H11BrN2O/c15-13-6-5-12(18-13)14(16)11-8-17-7-9-3-1-2-4-10(9)11/h1-8,14H,16H2. The van der Waals surface area contributed by atoms with E-state index in [-0.39, 0.29) is 6.04 Å². The quantitative estimate of drug-likeness (QED) is 0.786. The number of halogens is 1. The van der Waals surface area contributed by atoms with Gasteiger partial charge in [-0.25, -0.2) is 0 Å². The smallest absolute Gasteiger partial charge is 0.169 e. The maximum Gasteiger partial charge on any atom is 0.169 e. The molecule has 2 N–H and O–H groups in total. The van der Waals surface area contributed by atoms with Crippen LogP contribution in [0, 0.1) is 0 Å². The lowest BCUT2D eigenvalue weighted by molar-refractivity contribution is 0.470. The minimum atomic E-state index is -0.310. The average molecular weight is 303 g/mol. The van der Waals surface area contributed by atoms with Gasteiger partial charge in [0.2, 0.25) is 0 Å². The van der Waals surface area contributed by atoms with Crippen molar-refractivity contribution in [1.82, 2.24) is 4.98 Å². The summed E-state index contributed by atoms with van der Waals surface area (Å²) in [7, 11) is 0. The summed E-state index contributed by atoms with van der Waals surface area (Å²) in [6, 6.07) is 11.5. The SMILES string of the molecule is NC(c1ccc(Br)o1)c1cncc2ccccc12. The molecule has 1 aromatic carbocycles. The summed E-state index contributed by atoms with van der Waals surface area (Å²) < 4.78 is 6.19. The third kappa shape index (κ3) is 1.94. The number of aromatic nitrogens is 1. The topological polar surface area (TPSA) is 52.0 Å². The van der Waals surface area contributed by atoms with E-state index in [0.717, 1.165) is 22.1 Å². The van der Waals surface area contributed by atoms with Gasteiger partial charge in [-0.1, -0.05) is 24.3 Å². The number of pyridine rings is 1. The van der Waals surface area contributed by atoms with Gasteiger partial charge in [0, 0.05) is 23.3 Å². The van der Waals surface area contributed by atoms with E-state index in [1.165, 1.54) is 0 Å². The highest BCUT2D eigenvalue weighted by atomic mass is 79.9. The van der Waals surface area contributed by atoms with Gasteiger partial charge in [0.25, 0.3) is 0 Å². The van der Waals surface area contributed by atoms with Crippen LogP contribution in [0.3, 0.4) is 0 Å². The highest BCUT2D eigenvalue weighted by Gasteiger charge is 2.15. The van der Waals surface area contributed by atoms with Gasteiger partial charge in [0.15, 0.2) is 4.67 Å². The molecule has 0 amide bonds. The van der Waals surface area contributed by atoms with Gasteiger partial charge < -0.3 is 10.2 Å². The highest BCUT2D eigenvalue weighted by molar-refractivity contribution is 9.10. The maximum absolute atomic E-state index is 6.24. The second-order valence-corrected chi connectivity index (χ2v) is 4.85. The van der Waals surface area contributed by atoms with Crippen molar-refractivity contribution in [2.45, 2.75) is 6.04 Å². The Labute approximate surface area is 113 Å². The van der Waals surface area contributed by atoms with Crippen LogP contribution >= 0.6 is 15.9 Å². The fourth-order valence-corrected chi connectivity index (χ4v) is 2.36. The number of hydrogen-bond donors (Lipinski definition) is 1. The Morgan fingerprint density at radius 1 is 1.11 bits per heavy atom. The molecule has 0 saturated heterocycles. The molecular weight excluding hydrogens is 292 g/mol. The molecule has 3 nitrogen and oxygen atoms in total. The van der Waals surface area contributed by atoms with Gasteiger partial charge in [-0.15, -0.1) is 0 Å². The third-order valence-electron chi connectivity index (χ3n) is 2.93. The predicted molar refractivity (Wildman–Crippen MR) is 74.2 cm³/mol. The number of nitrogens with two attached hydrogens (primary N) is 1. The number of rotatable bonds is 2. The van der Waals surface area contributed by atoms with Crippen molar-refractivity contribution in [2.75, 3.05) is 0 Å². The van der Waals surface area contributed by atoms with Crippen LogP contribution in [-0.4, -0.2) is 4.98 Å². The first kappa shape index (κ1) is 11.4. The molecule has 0 bridgehead atoms. The molecule has 2 aromatic heterocycles. The number of benzene rings is 1. The fourth-order valence-electron chi connectivity index (χ4n) is 2.04. The predicted octanol–water partition coefficient (Wildman–Crippen LogP) is 3.64.